The zero-order valence-electron chi connectivity index (χ0n) is 23.2. The molecule has 0 unspecified atom stereocenters. The van der Waals surface area contributed by atoms with Gasteiger partial charge in [-0.25, -0.2) is 0 Å². The van der Waals surface area contributed by atoms with Crippen molar-refractivity contribution in [3.05, 3.63) is 47.6 Å². The van der Waals surface area contributed by atoms with E-state index in [1.807, 2.05) is 0 Å². The number of carbonyl (C=O) groups is 2. The minimum Gasteiger partial charge on any atom is -0.481 e. The van der Waals surface area contributed by atoms with Crippen LogP contribution in [-0.4, -0.2) is 23.1 Å². The molecule has 0 heterocycles. The maximum Gasteiger partial charge on any atom is 0.306 e. The van der Waals surface area contributed by atoms with Gasteiger partial charge in [-0.2, -0.15) is 0 Å². The zero-order chi connectivity index (χ0) is 26.5. The molecule has 6 atom stereocenters. The molecule has 4 heteroatoms. The van der Waals surface area contributed by atoms with E-state index in [-0.39, 0.29) is 18.9 Å². The average molecular weight is 497 g/mol. The summed E-state index contributed by atoms with van der Waals surface area (Å²) >= 11 is 0. The second kappa shape index (κ2) is 12.4. The Morgan fingerprint density at radius 3 is 2.53 bits per heavy atom. The van der Waals surface area contributed by atoms with E-state index in [4.69, 9.17) is 9.84 Å². The Kier molecular flexibility index (Phi) is 9.83. The van der Waals surface area contributed by atoms with Crippen LogP contribution in [0.5, 0.6) is 0 Å². The van der Waals surface area contributed by atoms with Gasteiger partial charge in [0.25, 0.3) is 0 Å². The molecule has 3 aliphatic rings. The first-order valence-electron chi connectivity index (χ1n) is 14.2. The van der Waals surface area contributed by atoms with Crippen LogP contribution in [0.1, 0.15) is 98.8 Å². The fourth-order valence-electron chi connectivity index (χ4n) is 6.79. The van der Waals surface area contributed by atoms with Crippen molar-refractivity contribution in [2.45, 2.75) is 105 Å². The lowest BCUT2D eigenvalue weighted by molar-refractivity contribution is -0.152. The minimum absolute atomic E-state index is 0.0682. The fraction of sp³-hybridized carbons (Fsp3) is 0.688. The van der Waals surface area contributed by atoms with Gasteiger partial charge in [-0.3, -0.25) is 9.59 Å². The van der Waals surface area contributed by atoms with Crippen molar-refractivity contribution in [1.29, 1.82) is 0 Å². The molecule has 1 N–H and O–H groups in total. The van der Waals surface area contributed by atoms with Gasteiger partial charge in [0.05, 0.1) is 12.8 Å². The highest BCUT2D eigenvalue weighted by molar-refractivity contribution is 5.76. The number of carbonyl (C=O) groups excluding carboxylic acids is 1. The minimum atomic E-state index is -0.972. The van der Waals surface area contributed by atoms with Gasteiger partial charge in [0, 0.05) is 6.42 Å². The van der Waals surface area contributed by atoms with Crippen molar-refractivity contribution in [2.75, 3.05) is 0 Å². The largest absolute Gasteiger partial charge is 0.481 e. The first-order chi connectivity index (χ1) is 17.0. The van der Waals surface area contributed by atoms with Crippen LogP contribution >= 0.6 is 0 Å². The summed E-state index contributed by atoms with van der Waals surface area (Å²) in [6, 6.07) is 0. The van der Waals surface area contributed by atoms with Gasteiger partial charge in [0.2, 0.25) is 0 Å². The number of hydrogen-bond donors (Lipinski definition) is 1. The van der Waals surface area contributed by atoms with Crippen molar-refractivity contribution in [1.82, 2.24) is 0 Å². The molecule has 0 saturated heterocycles. The third-order valence-electron chi connectivity index (χ3n) is 9.45. The number of rotatable bonds is 9. The van der Waals surface area contributed by atoms with Gasteiger partial charge in [-0.1, -0.05) is 76.6 Å². The van der Waals surface area contributed by atoms with Crippen LogP contribution in [0.15, 0.2) is 47.6 Å². The second-order valence-electron chi connectivity index (χ2n) is 12.2. The van der Waals surface area contributed by atoms with Gasteiger partial charge in [0.15, 0.2) is 0 Å². The highest BCUT2D eigenvalue weighted by Gasteiger charge is 2.50. The van der Waals surface area contributed by atoms with E-state index < -0.39 is 11.9 Å². The molecule has 4 nitrogen and oxygen atoms in total. The molecular weight excluding hydrogens is 448 g/mol. The Morgan fingerprint density at radius 2 is 1.83 bits per heavy atom. The van der Waals surface area contributed by atoms with Crippen molar-refractivity contribution < 1.29 is 19.4 Å². The van der Waals surface area contributed by atoms with Crippen LogP contribution in [0, 0.1) is 35.0 Å². The molecule has 0 aromatic rings. The Balaban J connectivity index is 1.68. The second-order valence-corrected chi connectivity index (χ2v) is 12.2. The van der Waals surface area contributed by atoms with Crippen LogP contribution in [0.3, 0.4) is 0 Å². The molecule has 0 aromatic heterocycles. The molecule has 0 spiro atoms. The van der Waals surface area contributed by atoms with E-state index in [1.54, 1.807) is 5.57 Å². The lowest BCUT2D eigenvalue weighted by Gasteiger charge is -2.44. The molecule has 0 aliphatic heterocycles. The summed E-state index contributed by atoms with van der Waals surface area (Å²) in [4.78, 5) is 22.8. The maximum atomic E-state index is 12.0. The molecule has 0 bridgehead atoms. The summed E-state index contributed by atoms with van der Waals surface area (Å²) in [6.45, 7) is 16.2. The highest BCUT2D eigenvalue weighted by atomic mass is 16.5. The molecule has 0 aromatic carbocycles. The molecule has 200 valence electrons. The van der Waals surface area contributed by atoms with Gasteiger partial charge in [0.1, 0.15) is 6.10 Å². The molecular formula is C32H48O4. The lowest BCUT2D eigenvalue weighted by atomic mass is 9.61. The zero-order valence-corrected chi connectivity index (χ0v) is 23.2. The maximum absolute atomic E-state index is 12.0. The van der Waals surface area contributed by atoms with E-state index in [2.05, 4.69) is 65.5 Å². The number of aliphatic carboxylic acids is 1. The van der Waals surface area contributed by atoms with Crippen molar-refractivity contribution in [3.63, 3.8) is 0 Å². The lowest BCUT2D eigenvalue weighted by Crippen LogP contribution is -2.35. The Labute approximate surface area is 219 Å². The topological polar surface area (TPSA) is 63.6 Å². The Bertz CT molecular complexity index is 907. The number of allylic oxidation sites excluding steroid dienone is 6. The van der Waals surface area contributed by atoms with Crippen molar-refractivity contribution in [2.24, 2.45) is 35.0 Å². The van der Waals surface area contributed by atoms with Crippen LogP contribution in [0.4, 0.5) is 0 Å². The van der Waals surface area contributed by atoms with Crippen LogP contribution in [0.25, 0.3) is 0 Å². The summed E-state index contributed by atoms with van der Waals surface area (Å²) < 4.78 is 5.58. The monoisotopic (exact) mass is 496 g/mol. The molecule has 36 heavy (non-hydrogen) atoms. The van der Waals surface area contributed by atoms with Crippen molar-refractivity contribution in [3.8, 4) is 0 Å². The van der Waals surface area contributed by atoms with Crippen LogP contribution in [0.2, 0.25) is 0 Å². The van der Waals surface area contributed by atoms with Crippen LogP contribution < -0.4 is 0 Å². The third kappa shape index (κ3) is 7.01. The fourth-order valence-corrected chi connectivity index (χ4v) is 6.79. The SMILES string of the molecule is C=C1CC[C@H](OC(=O)CCC(=O)O)C/C1=C/C=C1\CCC[C@]2(C)[C@@H]([C@H](C)/C=C/[C@H](C)C(C)C)CC[C@@H]12. The molecule has 0 radical (unpaired) electrons. The van der Waals surface area contributed by atoms with Crippen molar-refractivity contribution >= 4 is 11.9 Å². The Hall–Kier alpha value is -2.10. The number of carboxylic acids is 1. The summed E-state index contributed by atoms with van der Waals surface area (Å²) in [5, 5.41) is 8.80. The van der Waals surface area contributed by atoms with E-state index in [0.29, 0.717) is 35.5 Å². The summed E-state index contributed by atoms with van der Waals surface area (Å²) in [5.74, 6) is 1.89. The number of carboxylic acid groups (broad SMARTS) is 1. The number of ether oxygens (including phenoxy) is 1. The smallest absolute Gasteiger partial charge is 0.306 e. The van der Waals surface area contributed by atoms with Gasteiger partial charge >= 0.3 is 11.9 Å². The third-order valence-corrected chi connectivity index (χ3v) is 9.45. The molecule has 3 saturated carbocycles. The quantitative estimate of drug-likeness (QED) is 0.259. The van der Waals surface area contributed by atoms with E-state index in [9.17, 15) is 9.59 Å². The molecule has 0 amide bonds. The van der Waals surface area contributed by atoms with Gasteiger partial charge < -0.3 is 9.84 Å². The predicted molar refractivity (Wildman–Crippen MR) is 146 cm³/mol. The number of fused-ring (bicyclic) bond motifs is 1. The van der Waals surface area contributed by atoms with E-state index in [1.165, 1.54) is 37.7 Å². The molecule has 3 aliphatic carbocycles. The molecule has 3 fully saturated rings. The van der Waals surface area contributed by atoms with E-state index >= 15 is 0 Å². The predicted octanol–water partition coefficient (Wildman–Crippen LogP) is 8.06. The number of hydrogen-bond acceptors (Lipinski definition) is 3. The average Bonchev–Trinajstić information content (AvgIpc) is 3.18. The van der Waals surface area contributed by atoms with E-state index in [0.717, 1.165) is 24.3 Å². The highest BCUT2D eigenvalue weighted by Crippen LogP contribution is 2.59. The first-order valence-corrected chi connectivity index (χ1v) is 14.2. The summed E-state index contributed by atoms with van der Waals surface area (Å²) in [6.07, 6.45) is 17.7. The summed E-state index contributed by atoms with van der Waals surface area (Å²) in [5.41, 5.74) is 4.24. The number of esters is 1. The van der Waals surface area contributed by atoms with Gasteiger partial charge in [-0.15, -0.1) is 0 Å². The normalized spacial score (nSPS) is 32.7. The van der Waals surface area contributed by atoms with Gasteiger partial charge in [-0.05, 0) is 85.5 Å². The first kappa shape index (κ1) is 28.5. The Morgan fingerprint density at radius 1 is 1.08 bits per heavy atom. The standard InChI is InChI=1S/C32H48O4/c1-21(2)22(3)9-10-24(5)28-15-16-29-25(8-7-19-32(28,29)6)12-13-26-20-27(14-11-23(26)4)36-31(35)18-17-30(33)34/h9-10,12-13,21-22,24,27-29H,4,7-8,11,14-20H2,1-3,5-6H3,(H,33,34)/b10-9+,25-12+,26-13-/t22-,24+,27-,28+,29-,32+/m0/s1. The summed E-state index contributed by atoms with van der Waals surface area (Å²) in [7, 11) is 0. The van der Waals surface area contributed by atoms with Crippen LogP contribution in [-0.2, 0) is 14.3 Å². The molecule has 3 rings (SSSR count).